The number of methoxy groups -OCH3 is 1. The van der Waals surface area contributed by atoms with Gasteiger partial charge in [-0.1, -0.05) is 17.7 Å². The molecule has 0 heterocycles. The number of halogens is 2. The minimum atomic E-state index is -3.59. The Bertz CT molecular complexity index is 827. The average molecular weight is 482 g/mol. The number of aryl methyl sites for hydroxylation is 1. The molecule has 0 radical (unpaired) electrons. The summed E-state index contributed by atoms with van der Waals surface area (Å²) >= 11 is 8.05. The van der Waals surface area contributed by atoms with Crippen LogP contribution in [0.25, 0.3) is 0 Å². The van der Waals surface area contributed by atoms with Crippen molar-refractivity contribution < 1.29 is 17.9 Å². The molecular formula is C16H17ClINO4S. The Kier molecular flexibility index (Phi) is 6.73. The molecule has 0 atom stereocenters. The van der Waals surface area contributed by atoms with Crippen LogP contribution in [0, 0.1) is 10.5 Å². The highest BCUT2D eigenvalue weighted by Crippen LogP contribution is 2.24. The highest BCUT2D eigenvalue weighted by molar-refractivity contribution is 14.1. The first-order chi connectivity index (χ1) is 11.3. The summed E-state index contributed by atoms with van der Waals surface area (Å²) in [6.07, 6.45) is 0. The van der Waals surface area contributed by atoms with Crippen molar-refractivity contribution in [2.75, 3.05) is 20.3 Å². The summed E-state index contributed by atoms with van der Waals surface area (Å²) in [7, 11) is -2.05. The lowest BCUT2D eigenvalue weighted by Gasteiger charge is -2.10. The maximum Gasteiger partial charge on any atom is 0.240 e. The van der Waals surface area contributed by atoms with Crippen LogP contribution in [-0.2, 0) is 10.0 Å². The van der Waals surface area contributed by atoms with Gasteiger partial charge in [0.25, 0.3) is 0 Å². The van der Waals surface area contributed by atoms with Crippen LogP contribution in [0.1, 0.15) is 5.56 Å². The van der Waals surface area contributed by atoms with Gasteiger partial charge in [0.1, 0.15) is 18.1 Å². The predicted molar refractivity (Wildman–Crippen MR) is 103 cm³/mol. The van der Waals surface area contributed by atoms with E-state index in [1.165, 1.54) is 6.07 Å². The van der Waals surface area contributed by atoms with Gasteiger partial charge in [-0.3, -0.25) is 0 Å². The van der Waals surface area contributed by atoms with Gasteiger partial charge in [-0.05, 0) is 65.4 Å². The molecule has 0 unspecified atom stereocenters. The van der Waals surface area contributed by atoms with Gasteiger partial charge < -0.3 is 9.47 Å². The van der Waals surface area contributed by atoms with Crippen molar-refractivity contribution >= 4 is 44.2 Å². The van der Waals surface area contributed by atoms with Crippen LogP contribution >= 0.6 is 34.2 Å². The van der Waals surface area contributed by atoms with Gasteiger partial charge in [0.15, 0.2) is 0 Å². The fraction of sp³-hybridized carbons (Fsp3) is 0.250. The Morgan fingerprint density at radius 3 is 2.58 bits per heavy atom. The van der Waals surface area contributed by atoms with E-state index in [2.05, 4.69) is 4.72 Å². The van der Waals surface area contributed by atoms with Crippen LogP contribution < -0.4 is 14.2 Å². The minimum Gasteiger partial charge on any atom is -0.496 e. The fourth-order valence-electron chi connectivity index (χ4n) is 1.91. The van der Waals surface area contributed by atoms with Crippen LogP contribution in [-0.4, -0.2) is 28.7 Å². The lowest BCUT2D eigenvalue weighted by Crippen LogP contribution is -2.28. The van der Waals surface area contributed by atoms with E-state index in [0.29, 0.717) is 16.5 Å². The van der Waals surface area contributed by atoms with Crippen LogP contribution in [0.5, 0.6) is 11.5 Å². The van der Waals surface area contributed by atoms with Gasteiger partial charge in [0, 0.05) is 11.6 Å². The quantitative estimate of drug-likeness (QED) is 0.485. The highest BCUT2D eigenvalue weighted by atomic mass is 127. The number of rotatable bonds is 7. The second-order valence-corrected chi connectivity index (χ2v) is 8.29. The summed E-state index contributed by atoms with van der Waals surface area (Å²) in [4.78, 5) is 0.186. The summed E-state index contributed by atoms with van der Waals surface area (Å²) in [6, 6.07) is 10.0. The summed E-state index contributed by atoms with van der Waals surface area (Å²) in [6.45, 7) is 2.25. The summed E-state index contributed by atoms with van der Waals surface area (Å²) in [5.74, 6) is 1.23. The first-order valence-corrected chi connectivity index (χ1v) is 9.99. The van der Waals surface area contributed by atoms with Gasteiger partial charge >= 0.3 is 0 Å². The summed E-state index contributed by atoms with van der Waals surface area (Å²) in [5.41, 5.74) is 0.957. The van der Waals surface area contributed by atoms with E-state index in [1.807, 2.05) is 35.6 Å². The van der Waals surface area contributed by atoms with Crippen molar-refractivity contribution in [2.24, 2.45) is 0 Å². The second-order valence-electron chi connectivity index (χ2n) is 4.95. The van der Waals surface area contributed by atoms with E-state index >= 15 is 0 Å². The number of sulfonamides is 1. The lowest BCUT2D eigenvalue weighted by molar-refractivity contribution is 0.323. The third-order valence-corrected chi connectivity index (χ3v) is 5.95. The third-order valence-electron chi connectivity index (χ3n) is 3.24. The number of ether oxygens (including phenoxy) is 2. The zero-order valence-corrected chi connectivity index (χ0v) is 16.9. The first-order valence-electron chi connectivity index (χ1n) is 7.05. The van der Waals surface area contributed by atoms with Crippen molar-refractivity contribution in [1.82, 2.24) is 4.72 Å². The Hall–Kier alpha value is -1.03. The largest absolute Gasteiger partial charge is 0.496 e. The standard InChI is InChI=1S/C16H17ClINO4S/c1-11-3-4-12(9-14(11)17)23-8-7-19-24(20,21)13-5-6-16(22-2)15(18)10-13/h3-6,9-10,19H,7-8H2,1-2H3. The Balaban J connectivity index is 1.93. The van der Waals surface area contributed by atoms with E-state index in [-0.39, 0.29) is 18.0 Å². The van der Waals surface area contributed by atoms with Crippen molar-refractivity contribution in [3.63, 3.8) is 0 Å². The molecule has 8 heteroatoms. The van der Waals surface area contributed by atoms with Gasteiger partial charge in [0.05, 0.1) is 15.6 Å². The molecule has 1 N–H and O–H groups in total. The topological polar surface area (TPSA) is 64.6 Å². The summed E-state index contributed by atoms with van der Waals surface area (Å²) < 4.78 is 38.4. The zero-order chi connectivity index (χ0) is 17.7. The third kappa shape index (κ3) is 4.98. The molecule has 0 bridgehead atoms. The van der Waals surface area contributed by atoms with Crippen LogP contribution in [0.4, 0.5) is 0 Å². The SMILES string of the molecule is COc1ccc(S(=O)(=O)NCCOc2ccc(C)c(Cl)c2)cc1I. The number of nitrogens with one attached hydrogen (secondary N) is 1. The normalized spacial score (nSPS) is 11.3. The van der Waals surface area contributed by atoms with E-state index in [1.54, 1.807) is 31.4 Å². The molecule has 0 aliphatic heterocycles. The second kappa shape index (κ2) is 8.37. The van der Waals surface area contributed by atoms with Crippen LogP contribution in [0.3, 0.4) is 0 Å². The molecule has 0 saturated carbocycles. The predicted octanol–water partition coefficient (Wildman–Crippen LogP) is 3.62. The van der Waals surface area contributed by atoms with Crippen molar-refractivity contribution in [3.8, 4) is 11.5 Å². The fourth-order valence-corrected chi connectivity index (χ4v) is 4.06. The zero-order valence-electron chi connectivity index (χ0n) is 13.2. The highest BCUT2D eigenvalue weighted by Gasteiger charge is 2.15. The molecule has 0 aromatic heterocycles. The molecule has 0 fully saturated rings. The van der Waals surface area contributed by atoms with Gasteiger partial charge in [0.2, 0.25) is 10.0 Å². The molecule has 2 rings (SSSR count). The monoisotopic (exact) mass is 481 g/mol. The summed E-state index contributed by atoms with van der Waals surface area (Å²) in [5, 5.41) is 0.612. The Morgan fingerprint density at radius 2 is 1.96 bits per heavy atom. The number of hydrogen-bond acceptors (Lipinski definition) is 4. The molecule has 5 nitrogen and oxygen atoms in total. The first kappa shape index (κ1) is 19.3. The van der Waals surface area contributed by atoms with E-state index in [9.17, 15) is 8.42 Å². The molecule has 0 saturated heterocycles. The lowest BCUT2D eigenvalue weighted by atomic mass is 10.2. The molecule has 0 aliphatic carbocycles. The molecule has 2 aromatic rings. The van der Waals surface area contributed by atoms with Gasteiger partial charge in [-0.25, -0.2) is 13.1 Å². The van der Waals surface area contributed by atoms with E-state index < -0.39 is 10.0 Å². The Morgan fingerprint density at radius 1 is 1.21 bits per heavy atom. The molecule has 24 heavy (non-hydrogen) atoms. The molecule has 0 spiro atoms. The molecular weight excluding hydrogens is 465 g/mol. The van der Waals surface area contributed by atoms with Crippen LogP contribution in [0.2, 0.25) is 5.02 Å². The van der Waals surface area contributed by atoms with Crippen molar-refractivity contribution in [1.29, 1.82) is 0 Å². The smallest absolute Gasteiger partial charge is 0.240 e. The van der Waals surface area contributed by atoms with Crippen molar-refractivity contribution in [2.45, 2.75) is 11.8 Å². The maximum atomic E-state index is 12.3. The van der Waals surface area contributed by atoms with E-state index in [4.69, 9.17) is 21.1 Å². The van der Waals surface area contributed by atoms with E-state index in [0.717, 1.165) is 9.13 Å². The molecule has 2 aromatic carbocycles. The maximum absolute atomic E-state index is 12.3. The minimum absolute atomic E-state index is 0.149. The van der Waals surface area contributed by atoms with Crippen molar-refractivity contribution in [3.05, 3.63) is 50.6 Å². The Labute approximate surface area is 160 Å². The van der Waals surface area contributed by atoms with Gasteiger partial charge in [-0.2, -0.15) is 0 Å². The van der Waals surface area contributed by atoms with Crippen LogP contribution in [0.15, 0.2) is 41.3 Å². The average Bonchev–Trinajstić information content (AvgIpc) is 2.54. The number of hydrogen-bond donors (Lipinski definition) is 1. The molecule has 0 amide bonds. The molecule has 0 aliphatic rings. The van der Waals surface area contributed by atoms with Gasteiger partial charge in [-0.15, -0.1) is 0 Å². The number of benzene rings is 2. The molecule has 130 valence electrons.